The molecule has 1 fully saturated rings. The number of rotatable bonds is 5. The SMILES string of the molecule is c1cc(CNCCC2CCCC2)co1. The third-order valence-corrected chi connectivity index (χ3v) is 3.11. The smallest absolute Gasteiger partial charge is 0.0947 e. The van der Waals surface area contributed by atoms with E-state index in [0.717, 1.165) is 19.0 Å². The Balaban J connectivity index is 1.55. The average Bonchev–Trinajstić information content (AvgIpc) is 2.86. The van der Waals surface area contributed by atoms with E-state index in [9.17, 15) is 0 Å². The van der Waals surface area contributed by atoms with Gasteiger partial charge in [0.1, 0.15) is 0 Å². The second-order valence-electron chi connectivity index (χ2n) is 4.25. The molecule has 78 valence electrons. The Hall–Kier alpha value is -0.760. The highest BCUT2D eigenvalue weighted by Crippen LogP contribution is 2.26. The van der Waals surface area contributed by atoms with Gasteiger partial charge in [0.05, 0.1) is 12.5 Å². The first-order valence-corrected chi connectivity index (χ1v) is 5.67. The van der Waals surface area contributed by atoms with E-state index in [2.05, 4.69) is 5.32 Å². The van der Waals surface area contributed by atoms with E-state index in [1.807, 2.05) is 12.3 Å². The molecule has 1 aromatic heterocycles. The summed E-state index contributed by atoms with van der Waals surface area (Å²) in [6.45, 7) is 2.10. The van der Waals surface area contributed by atoms with Crippen LogP contribution in [-0.4, -0.2) is 6.54 Å². The minimum Gasteiger partial charge on any atom is -0.472 e. The first-order chi connectivity index (χ1) is 6.95. The van der Waals surface area contributed by atoms with Crippen molar-refractivity contribution in [3.8, 4) is 0 Å². The van der Waals surface area contributed by atoms with Crippen molar-refractivity contribution in [3.05, 3.63) is 24.2 Å². The first-order valence-electron chi connectivity index (χ1n) is 5.67. The summed E-state index contributed by atoms with van der Waals surface area (Å²) in [5.41, 5.74) is 1.25. The van der Waals surface area contributed by atoms with Gasteiger partial charge in [-0.3, -0.25) is 0 Å². The molecule has 1 aliphatic carbocycles. The molecule has 0 atom stereocenters. The van der Waals surface area contributed by atoms with Crippen LogP contribution in [0.1, 0.15) is 37.7 Å². The molecule has 1 aromatic rings. The van der Waals surface area contributed by atoms with Gasteiger partial charge < -0.3 is 9.73 Å². The van der Waals surface area contributed by atoms with E-state index in [1.165, 1.54) is 37.7 Å². The van der Waals surface area contributed by atoms with E-state index in [4.69, 9.17) is 4.42 Å². The molecule has 0 bridgehead atoms. The lowest BCUT2D eigenvalue weighted by molar-refractivity contribution is 0.476. The molecule has 0 amide bonds. The van der Waals surface area contributed by atoms with Gasteiger partial charge >= 0.3 is 0 Å². The fraction of sp³-hybridized carbons (Fsp3) is 0.667. The van der Waals surface area contributed by atoms with Crippen molar-refractivity contribution in [2.24, 2.45) is 5.92 Å². The van der Waals surface area contributed by atoms with E-state index >= 15 is 0 Å². The minimum absolute atomic E-state index is 0.948. The molecule has 1 saturated carbocycles. The van der Waals surface area contributed by atoms with Gasteiger partial charge in [0, 0.05) is 12.1 Å². The van der Waals surface area contributed by atoms with Gasteiger partial charge in [-0.15, -0.1) is 0 Å². The molecule has 0 radical (unpaired) electrons. The van der Waals surface area contributed by atoms with Crippen LogP contribution < -0.4 is 5.32 Å². The number of hydrogen-bond donors (Lipinski definition) is 1. The Morgan fingerprint density at radius 3 is 2.93 bits per heavy atom. The average molecular weight is 193 g/mol. The van der Waals surface area contributed by atoms with Crippen molar-refractivity contribution in [3.63, 3.8) is 0 Å². The highest BCUT2D eigenvalue weighted by atomic mass is 16.3. The summed E-state index contributed by atoms with van der Waals surface area (Å²) < 4.78 is 5.00. The zero-order chi connectivity index (χ0) is 9.64. The van der Waals surface area contributed by atoms with Crippen molar-refractivity contribution in [2.75, 3.05) is 6.54 Å². The summed E-state index contributed by atoms with van der Waals surface area (Å²) in [7, 11) is 0. The summed E-state index contributed by atoms with van der Waals surface area (Å²) >= 11 is 0. The van der Waals surface area contributed by atoms with Crippen molar-refractivity contribution in [1.82, 2.24) is 5.32 Å². The van der Waals surface area contributed by atoms with Gasteiger partial charge in [-0.05, 0) is 24.9 Å². The number of furan rings is 1. The lowest BCUT2D eigenvalue weighted by Gasteiger charge is -2.08. The zero-order valence-electron chi connectivity index (χ0n) is 8.67. The lowest BCUT2D eigenvalue weighted by atomic mass is 10.0. The van der Waals surface area contributed by atoms with E-state index < -0.39 is 0 Å². The topological polar surface area (TPSA) is 25.2 Å². The second kappa shape index (κ2) is 5.20. The van der Waals surface area contributed by atoms with Crippen molar-refractivity contribution in [1.29, 1.82) is 0 Å². The third-order valence-electron chi connectivity index (χ3n) is 3.11. The molecular weight excluding hydrogens is 174 g/mol. The Bertz CT molecular complexity index is 237. The van der Waals surface area contributed by atoms with Gasteiger partial charge in [0.25, 0.3) is 0 Å². The molecule has 0 saturated heterocycles. The van der Waals surface area contributed by atoms with E-state index in [1.54, 1.807) is 6.26 Å². The molecule has 14 heavy (non-hydrogen) atoms. The Labute approximate surface area is 85.7 Å². The molecule has 0 spiro atoms. The fourth-order valence-corrected chi connectivity index (χ4v) is 2.23. The normalized spacial score (nSPS) is 17.7. The fourth-order valence-electron chi connectivity index (χ4n) is 2.23. The largest absolute Gasteiger partial charge is 0.472 e. The molecule has 0 unspecified atom stereocenters. The van der Waals surface area contributed by atoms with Crippen LogP contribution in [-0.2, 0) is 6.54 Å². The molecule has 1 heterocycles. The first kappa shape index (κ1) is 9.78. The Morgan fingerprint density at radius 2 is 2.21 bits per heavy atom. The molecule has 2 nitrogen and oxygen atoms in total. The number of nitrogens with one attached hydrogen (secondary N) is 1. The predicted octanol–water partition coefficient (Wildman–Crippen LogP) is 2.95. The molecule has 2 heteroatoms. The summed E-state index contributed by atoms with van der Waals surface area (Å²) in [5, 5.41) is 3.45. The van der Waals surface area contributed by atoms with Crippen LogP contribution in [0.5, 0.6) is 0 Å². The Morgan fingerprint density at radius 1 is 1.36 bits per heavy atom. The number of hydrogen-bond acceptors (Lipinski definition) is 2. The quantitative estimate of drug-likeness (QED) is 0.727. The van der Waals surface area contributed by atoms with Crippen molar-refractivity contribution < 1.29 is 4.42 Å². The highest BCUT2D eigenvalue weighted by molar-refractivity contribution is 5.04. The molecule has 1 aliphatic rings. The van der Waals surface area contributed by atoms with Crippen LogP contribution in [0.4, 0.5) is 0 Å². The van der Waals surface area contributed by atoms with Crippen LogP contribution in [0.25, 0.3) is 0 Å². The van der Waals surface area contributed by atoms with Gasteiger partial charge in [-0.1, -0.05) is 25.7 Å². The maximum Gasteiger partial charge on any atom is 0.0947 e. The summed E-state index contributed by atoms with van der Waals surface area (Å²) in [6.07, 6.45) is 10.7. The molecule has 1 N–H and O–H groups in total. The van der Waals surface area contributed by atoms with Crippen LogP contribution in [0, 0.1) is 5.92 Å². The molecular formula is C12H19NO. The van der Waals surface area contributed by atoms with Crippen LogP contribution in [0.3, 0.4) is 0 Å². The maximum absolute atomic E-state index is 5.00. The standard InChI is InChI=1S/C12H19NO/c1-2-4-11(3-1)5-7-13-9-12-6-8-14-10-12/h6,8,10-11,13H,1-5,7,9H2. The second-order valence-corrected chi connectivity index (χ2v) is 4.25. The molecule has 0 aromatic carbocycles. The maximum atomic E-state index is 5.00. The summed E-state index contributed by atoms with van der Waals surface area (Å²) in [6, 6.07) is 2.02. The Kier molecular flexibility index (Phi) is 3.64. The van der Waals surface area contributed by atoms with Crippen molar-refractivity contribution in [2.45, 2.75) is 38.6 Å². The van der Waals surface area contributed by atoms with Crippen LogP contribution in [0.2, 0.25) is 0 Å². The van der Waals surface area contributed by atoms with Gasteiger partial charge in [0.2, 0.25) is 0 Å². The molecule has 0 aliphatic heterocycles. The highest BCUT2D eigenvalue weighted by Gasteiger charge is 2.13. The minimum atomic E-state index is 0.948. The monoisotopic (exact) mass is 193 g/mol. The van der Waals surface area contributed by atoms with Gasteiger partial charge in [0.15, 0.2) is 0 Å². The van der Waals surface area contributed by atoms with Gasteiger partial charge in [-0.25, -0.2) is 0 Å². The third kappa shape index (κ3) is 2.88. The van der Waals surface area contributed by atoms with Gasteiger partial charge in [-0.2, -0.15) is 0 Å². The van der Waals surface area contributed by atoms with E-state index in [0.29, 0.717) is 0 Å². The molecule has 2 rings (SSSR count). The summed E-state index contributed by atoms with van der Waals surface area (Å²) in [4.78, 5) is 0. The zero-order valence-corrected chi connectivity index (χ0v) is 8.67. The lowest BCUT2D eigenvalue weighted by Crippen LogP contribution is -2.16. The van der Waals surface area contributed by atoms with Crippen LogP contribution in [0.15, 0.2) is 23.0 Å². The van der Waals surface area contributed by atoms with Crippen molar-refractivity contribution >= 4 is 0 Å². The summed E-state index contributed by atoms with van der Waals surface area (Å²) in [5.74, 6) is 0.992. The van der Waals surface area contributed by atoms with Crippen LogP contribution >= 0.6 is 0 Å². The van der Waals surface area contributed by atoms with E-state index in [-0.39, 0.29) is 0 Å². The predicted molar refractivity (Wildman–Crippen MR) is 57.0 cm³/mol.